The van der Waals surface area contributed by atoms with Crippen molar-refractivity contribution in [2.24, 2.45) is 0 Å². The first-order valence-electron chi connectivity index (χ1n) is 5.02. The molecule has 1 fully saturated rings. The monoisotopic (exact) mass is 422 g/mol. The van der Waals surface area contributed by atoms with Crippen LogP contribution in [0.4, 0.5) is 48.3 Å². The summed E-state index contributed by atoms with van der Waals surface area (Å²) in [4.78, 5) is 0. The minimum Gasteiger partial charge on any atom is -0.408 e. The molecule has 148 valence electrons. The van der Waals surface area contributed by atoms with Gasteiger partial charge in [0.2, 0.25) is 0 Å². The number of alkyl halides is 9. The highest BCUT2D eigenvalue weighted by Gasteiger charge is 2.85. The van der Waals surface area contributed by atoms with Gasteiger partial charge in [-0.25, -0.2) is 4.74 Å². The van der Waals surface area contributed by atoms with Crippen LogP contribution in [0.15, 0.2) is 12.0 Å². The molecule has 18 heteroatoms. The third kappa shape index (κ3) is 3.16. The van der Waals surface area contributed by atoms with Gasteiger partial charge in [-0.3, -0.25) is 4.55 Å². The van der Waals surface area contributed by atoms with Crippen LogP contribution < -0.4 is 0 Å². The van der Waals surface area contributed by atoms with Crippen LogP contribution in [-0.2, 0) is 24.3 Å². The summed E-state index contributed by atoms with van der Waals surface area (Å²) in [6.07, 6.45) is -23.6. The van der Waals surface area contributed by atoms with Crippen LogP contribution >= 0.6 is 0 Å². The van der Waals surface area contributed by atoms with Crippen molar-refractivity contribution in [1.82, 2.24) is 0 Å². The third-order valence-electron chi connectivity index (χ3n) is 2.28. The lowest BCUT2D eigenvalue weighted by molar-refractivity contribution is -0.490. The second kappa shape index (κ2) is 5.47. The Morgan fingerprint density at radius 3 is 1.76 bits per heavy atom. The zero-order valence-corrected chi connectivity index (χ0v) is 11.4. The van der Waals surface area contributed by atoms with Crippen molar-refractivity contribution in [3.8, 4) is 0 Å². The predicted molar refractivity (Wildman–Crippen MR) is 47.7 cm³/mol. The molecule has 1 aliphatic rings. The van der Waals surface area contributed by atoms with Gasteiger partial charge >= 0.3 is 51.6 Å². The van der Waals surface area contributed by atoms with E-state index < -0.39 is 51.6 Å². The summed E-state index contributed by atoms with van der Waals surface area (Å²) >= 11 is 0. The average molecular weight is 422 g/mol. The Labute approximate surface area is 128 Å². The van der Waals surface area contributed by atoms with Gasteiger partial charge in [0.1, 0.15) is 0 Å². The summed E-state index contributed by atoms with van der Waals surface area (Å²) in [5.41, 5.74) is 0. The lowest BCUT2D eigenvalue weighted by Crippen LogP contribution is -2.61. The molecule has 6 nitrogen and oxygen atoms in total. The van der Waals surface area contributed by atoms with E-state index in [2.05, 4.69) is 9.47 Å². The molecule has 0 aromatic heterocycles. The standard InChI is InChI=1S/C7HF11O6S/c8-1(9)2-22-3(10,4(11,12)23-2)5(13,14)24-6(15,16)7(17,18)25(19,20)21/h(H,19,20,21). The van der Waals surface area contributed by atoms with Crippen molar-refractivity contribution in [2.45, 2.75) is 29.4 Å². The highest BCUT2D eigenvalue weighted by Crippen LogP contribution is 2.56. The molecule has 0 spiro atoms. The summed E-state index contributed by atoms with van der Waals surface area (Å²) in [6.45, 7) is 0. The number of rotatable bonds is 5. The van der Waals surface area contributed by atoms with Crippen molar-refractivity contribution < 1.29 is 75.5 Å². The Bertz CT molecular complexity index is 683. The van der Waals surface area contributed by atoms with E-state index in [1.165, 1.54) is 0 Å². The molecule has 1 unspecified atom stereocenters. The van der Waals surface area contributed by atoms with Crippen molar-refractivity contribution in [2.75, 3.05) is 0 Å². The maximum atomic E-state index is 13.6. The van der Waals surface area contributed by atoms with Crippen LogP contribution in [0, 0.1) is 0 Å². The molecule has 0 saturated carbocycles. The van der Waals surface area contributed by atoms with Crippen molar-refractivity contribution in [3.63, 3.8) is 0 Å². The van der Waals surface area contributed by atoms with Crippen LogP contribution in [0.5, 0.6) is 0 Å². The normalized spacial score (nSPS) is 24.7. The number of hydrogen-bond acceptors (Lipinski definition) is 5. The minimum atomic E-state index is -7.18. The second-order valence-corrected chi connectivity index (χ2v) is 5.45. The van der Waals surface area contributed by atoms with Crippen molar-refractivity contribution >= 4 is 10.1 Å². The Morgan fingerprint density at radius 1 is 1.00 bits per heavy atom. The second-order valence-electron chi connectivity index (χ2n) is 3.99. The van der Waals surface area contributed by atoms with E-state index in [0.717, 1.165) is 0 Å². The van der Waals surface area contributed by atoms with E-state index in [1.54, 1.807) is 4.74 Å². The molecule has 25 heavy (non-hydrogen) atoms. The van der Waals surface area contributed by atoms with Crippen molar-refractivity contribution in [3.05, 3.63) is 12.0 Å². The molecule has 0 aromatic rings. The zero-order chi connectivity index (χ0) is 20.3. The Morgan fingerprint density at radius 2 is 1.44 bits per heavy atom. The molecule has 0 aliphatic carbocycles. The topological polar surface area (TPSA) is 82.1 Å². The summed E-state index contributed by atoms with van der Waals surface area (Å²) in [6, 6.07) is 0. The molecule has 1 saturated heterocycles. The van der Waals surface area contributed by atoms with Crippen LogP contribution in [0.1, 0.15) is 0 Å². The van der Waals surface area contributed by atoms with E-state index >= 15 is 0 Å². The van der Waals surface area contributed by atoms with Gasteiger partial charge in [0.05, 0.1) is 0 Å². The number of halogens is 11. The van der Waals surface area contributed by atoms with Gasteiger partial charge in [-0.1, -0.05) is 0 Å². The quantitative estimate of drug-likeness (QED) is 0.542. The molecule has 1 atom stereocenters. The molecule has 1 aliphatic heterocycles. The summed E-state index contributed by atoms with van der Waals surface area (Å²) in [5, 5.41) is -6.89. The van der Waals surface area contributed by atoms with Crippen LogP contribution in [0.2, 0.25) is 0 Å². The van der Waals surface area contributed by atoms with E-state index in [9.17, 15) is 56.7 Å². The summed E-state index contributed by atoms with van der Waals surface area (Å²) < 4.78 is 176. The van der Waals surface area contributed by atoms with Gasteiger partial charge in [0.15, 0.2) is 0 Å². The highest BCUT2D eigenvalue weighted by molar-refractivity contribution is 7.86. The van der Waals surface area contributed by atoms with Gasteiger partial charge in [-0.2, -0.15) is 56.7 Å². The first kappa shape index (κ1) is 21.5. The van der Waals surface area contributed by atoms with Crippen LogP contribution in [-0.4, -0.2) is 42.4 Å². The predicted octanol–water partition coefficient (Wildman–Crippen LogP) is 3.04. The fourth-order valence-corrected chi connectivity index (χ4v) is 1.47. The number of ether oxygens (including phenoxy) is 3. The summed E-state index contributed by atoms with van der Waals surface area (Å²) in [7, 11) is -7.18. The lowest BCUT2D eigenvalue weighted by Gasteiger charge is -2.33. The maximum Gasteiger partial charge on any atom is 0.483 e. The number of hydrogen-bond donors (Lipinski definition) is 1. The Kier molecular flexibility index (Phi) is 4.70. The van der Waals surface area contributed by atoms with Gasteiger partial charge in [-0.15, -0.1) is 0 Å². The zero-order valence-electron chi connectivity index (χ0n) is 10.6. The molecule has 1 N–H and O–H groups in total. The molecule has 0 amide bonds. The molecule has 0 aromatic carbocycles. The summed E-state index contributed by atoms with van der Waals surface area (Å²) in [5.74, 6) is -9.27. The van der Waals surface area contributed by atoms with Gasteiger partial charge in [-0.05, 0) is 0 Å². The Hall–Kier alpha value is -1.56. The van der Waals surface area contributed by atoms with Gasteiger partial charge < -0.3 is 9.47 Å². The smallest absolute Gasteiger partial charge is 0.408 e. The van der Waals surface area contributed by atoms with E-state index in [4.69, 9.17) is 4.55 Å². The first-order chi connectivity index (χ1) is 10.7. The van der Waals surface area contributed by atoms with Gasteiger partial charge in [0, 0.05) is 0 Å². The fourth-order valence-electron chi connectivity index (χ4n) is 1.13. The minimum absolute atomic E-state index is 1.78. The average Bonchev–Trinajstić information content (AvgIpc) is 2.59. The highest BCUT2D eigenvalue weighted by atomic mass is 32.2. The molecule has 1 heterocycles. The van der Waals surface area contributed by atoms with Crippen molar-refractivity contribution in [1.29, 1.82) is 0 Å². The molecule has 0 bridgehead atoms. The largest absolute Gasteiger partial charge is 0.483 e. The van der Waals surface area contributed by atoms with E-state index in [0.29, 0.717) is 0 Å². The van der Waals surface area contributed by atoms with Crippen LogP contribution in [0.25, 0.3) is 0 Å². The molecular formula is C7HF11O6S. The fraction of sp³-hybridized carbons (Fsp3) is 0.714. The van der Waals surface area contributed by atoms with E-state index in [-0.39, 0.29) is 0 Å². The van der Waals surface area contributed by atoms with E-state index in [1.807, 2.05) is 0 Å². The Balaban J connectivity index is 3.36. The lowest BCUT2D eigenvalue weighted by atomic mass is 10.2. The molecule has 1 rings (SSSR count). The molecule has 0 radical (unpaired) electrons. The third-order valence-corrected chi connectivity index (χ3v) is 3.16. The van der Waals surface area contributed by atoms with Crippen LogP contribution in [0.3, 0.4) is 0 Å². The molecular weight excluding hydrogens is 421 g/mol. The van der Waals surface area contributed by atoms with Gasteiger partial charge in [0.25, 0.3) is 0 Å². The SMILES string of the molecule is O=S(=O)(O)C(F)(F)C(F)(F)OC(F)(F)C1(F)OC(=C(F)F)OC1(F)F. The maximum absolute atomic E-state index is 13.6. The first-order valence-corrected chi connectivity index (χ1v) is 6.46.